The highest BCUT2D eigenvalue weighted by molar-refractivity contribution is 5.75. The molecular weight excluding hydrogens is 262 g/mol. The number of hydrogen-bond acceptors (Lipinski definition) is 4. The van der Waals surface area contributed by atoms with Crippen LogP contribution >= 0.6 is 0 Å². The maximum Gasteiger partial charge on any atom is 0.150 e. The van der Waals surface area contributed by atoms with E-state index in [0.29, 0.717) is 0 Å². The van der Waals surface area contributed by atoms with Crippen molar-refractivity contribution in [1.82, 2.24) is 9.88 Å². The number of carbonyl (C=O) groups excluding carboxylic acids is 1. The zero-order chi connectivity index (χ0) is 14.5. The minimum Gasteiger partial charge on any atom is -0.369 e. The third-order valence-electron chi connectivity index (χ3n) is 3.88. The lowest BCUT2D eigenvalue weighted by atomic mass is 10.2. The van der Waals surface area contributed by atoms with E-state index in [1.807, 2.05) is 42.6 Å². The lowest BCUT2D eigenvalue weighted by molar-refractivity contribution is 0.112. The van der Waals surface area contributed by atoms with Crippen LogP contribution < -0.4 is 4.90 Å². The van der Waals surface area contributed by atoms with Crippen molar-refractivity contribution in [1.29, 1.82) is 0 Å². The quantitative estimate of drug-likeness (QED) is 0.805. The molecule has 0 bridgehead atoms. The number of aldehydes is 1. The van der Waals surface area contributed by atoms with Crippen LogP contribution in [0.5, 0.6) is 0 Å². The second-order valence-electron chi connectivity index (χ2n) is 5.29. The van der Waals surface area contributed by atoms with Gasteiger partial charge in [-0.2, -0.15) is 0 Å². The van der Waals surface area contributed by atoms with E-state index >= 15 is 0 Å². The largest absolute Gasteiger partial charge is 0.369 e. The van der Waals surface area contributed by atoms with Crippen molar-refractivity contribution in [2.45, 2.75) is 6.54 Å². The maximum absolute atomic E-state index is 10.7. The molecule has 4 heteroatoms. The second-order valence-corrected chi connectivity index (χ2v) is 5.29. The number of rotatable bonds is 4. The predicted octanol–water partition coefficient (Wildman–Crippen LogP) is 2.22. The fraction of sp³-hybridized carbons (Fsp3) is 0.294. The van der Waals surface area contributed by atoms with E-state index in [9.17, 15) is 4.79 Å². The van der Waals surface area contributed by atoms with Crippen LogP contribution in [-0.4, -0.2) is 42.3 Å². The number of carbonyl (C=O) groups is 1. The van der Waals surface area contributed by atoms with Crippen molar-refractivity contribution in [3.63, 3.8) is 0 Å². The predicted molar refractivity (Wildman–Crippen MR) is 83.6 cm³/mol. The van der Waals surface area contributed by atoms with Gasteiger partial charge in [0.2, 0.25) is 0 Å². The standard InChI is InChI=1S/C17H19N3O/c21-14-15-4-6-17(7-5-15)20-11-9-19(10-12-20)13-16-3-1-2-8-18-16/h1-8,14H,9-13H2. The molecule has 0 atom stereocenters. The summed E-state index contributed by atoms with van der Waals surface area (Å²) in [6, 6.07) is 13.9. The highest BCUT2D eigenvalue weighted by atomic mass is 16.1. The van der Waals surface area contributed by atoms with E-state index < -0.39 is 0 Å². The molecule has 0 unspecified atom stereocenters. The Kier molecular flexibility index (Phi) is 4.26. The van der Waals surface area contributed by atoms with Gasteiger partial charge in [-0.3, -0.25) is 14.7 Å². The van der Waals surface area contributed by atoms with E-state index in [2.05, 4.69) is 20.9 Å². The molecule has 2 aromatic rings. The van der Waals surface area contributed by atoms with Crippen LogP contribution in [-0.2, 0) is 6.54 Å². The first-order valence-electron chi connectivity index (χ1n) is 7.27. The van der Waals surface area contributed by atoms with Gasteiger partial charge in [-0.25, -0.2) is 0 Å². The molecule has 2 heterocycles. The van der Waals surface area contributed by atoms with Gasteiger partial charge in [-0.05, 0) is 36.4 Å². The topological polar surface area (TPSA) is 36.4 Å². The Hall–Kier alpha value is -2.20. The smallest absolute Gasteiger partial charge is 0.150 e. The molecule has 108 valence electrons. The fourth-order valence-corrected chi connectivity index (χ4v) is 2.65. The molecule has 1 aromatic heterocycles. The number of benzene rings is 1. The lowest BCUT2D eigenvalue weighted by Crippen LogP contribution is -2.46. The summed E-state index contributed by atoms with van der Waals surface area (Å²) in [5.41, 5.74) is 3.05. The average molecular weight is 281 g/mol. The summed E-state index contributed by atoms with van der Waals surface area (Å²) in [5, 5.41) is 0. The van der Waals surface area contributed by atoms with Gasteiger partial charge in [0.1, 0.15) is 6.29 Å². The molecule has 1 fully saturated rings. The molecule has 0 amide bonds. The molecule has 0 radical (unpaired) electrons. The molecule has 1 aliphatic heterocycles. The van der Waals surface area contributed by atoms with Crippen LogP contribution in [0.4, 0.5) is 5.69 Å². The molecule has 1 aromatic carbocycles. The Morgan fingerprint density at radius 3 is 2.38 bits per heavy atom. The van der Waals surface area contributed by atoms with Gasteiger partial charge in [0.25, 0.3) is 0 Å². The second kappa shape index (κ2) is 6.50. The van der Waals surface area contributed by atoms with E-state index in [-0.39, 0.29) is 0 Å². The summed E-state index contributed by atoms with van der Waals surface area (Å²) in [4.78, 5) is 19.9. The van der Waals surface area contributed by atoms with E-state index in [4.69, 9.17) is 0 Å². The van der Waals surface area contributed by atoms with Crippen molar-refractivity contribution < 1.29 is 4.79 Å². The van der Waals surface area contributed by atoms with Gasteiger partial charge in [0.05, 0.1) is 5.69 Å². The van der Waals surface area contributed by atoms with Crippen molar-refractivity contribution in [3.8, 4) is 0 Å². The number of aromatic nitrogens is 1. The van der Waals surface area contributed by atoms with Crippen molar-refractivity contribution in [2.75, 3.05) is 31.1 Å². The van der Waals surface area contributed by atoms with Crippen LogP contribution in [0.2, 0.25) is 0 Å². The Bertz CT molecular complexity index is 575. The molecule has 1 saturated heterocycles. The molecule has 4 nitrogen and oxygen atoms in total. The van der Waals surface area contributed by atoms with Crippen LogP contribution in [0.1, 0.15) is 16.1 Å². The summed E-state index contributed by atoms with van der Waals surface area (Å²) in [7, 11) is 0. The molecule has 0 spiro atoms. The van der Waals surface area contributed by atoms with Crippen molar-refractivity contribution in [2.24, 2.45) is 0 Å². The first-order valence-corrected chi connectivity index (χ1v) is 7.27. The number of pyridine rings is 1. The van der Waals surface area contributed by atoms with Crippen LogP contribution in [0, 0.1) is 0 Å². The normalized spacial score (nSPS) is 15.9. The highest BCUT2D eigenvalue weighted by Gasteiger charge is 2.17. The first-order chi connectivity index (χ1) is 10.3. The van der Waals surface area contributed by atoms with E-state index in [1.165, 1.54) is 5.69 Å². The van der Waals surface area contributed by atoms with Gasteiger partial charge in [0.15, 0.2) is 0 Å². The maximum atomic E-state index is 10.7. The minimum absolute atomic E-state index is 0.729. The van der Waals surface area contributed by atoms with Gasteiger partial charge in [-0.15, -0.1) is 0 Å². The molecule has 0 N–H and O–H groups in total. The minimum atomic E-state index is 0.729. The number of anilines is 1. The Morgan fingerprint density at radius 2 is 1.76 bits per heavy atom. The van der Waals surface area contributed by atoms with Gasteiger partial charge in [-0.1, -0.05) is 6.07 Å². The average Bonchev–Trinajstić information content (AvgIpc) is 2.57. The fourth-order valence-electron chi connectivity index (χ4n) is 2.65. The summed E-state index contributed by atoms with van der Waals surface area (Å²) in [6.07, 6.45) is 2.73. The van der Waals surface area contributed by atoms with Crippen LogP contribution in [0.3, 0.4) is 0 Å². The van der Waals surface area contributed by atoms with E-state index in [0.717, 1.165) is 50.3 Å². The van der Waals surface area contributed by atoms with Crippen molar-refractivity contribution >= 4 is 12.0 Å². The van der Waals surface area contributed by atoms with Gasteiger partial charge >= 0.3 is 0 Å². The van der Waals surface area contributed by atoms with E-state index in [1.54, 1.807) is 0 Å². The number of hydrogen-bond donors (Lipinski definition) is 0. The molecule has 1 aliphatic rings. The first kappa shape index (κ1) is 13.8. The molecule has 21 heavy (non-hydrogen) atoms. The Morgan fingerprint density at radius 1 is 1.00 bits per heavy atom. The zero-order valence-corrected chi connectivity index (χ0v) is 12.0. The molecule has 0 saturated carbocycles. The SMILES string of the molecule is O=Cc1ccc(N2CCN(Cc3ccccn3)CC2)cc1. The summed E-state index contributed by atoms with van der Waals surface area (Å²) >= 11 is 0. The molecular formula is C17H19N3O. The third kappa shape index (κ3) is 3.47. The highest BCUT2D eigenvalue weighted by Crippen LogP contribution is 2.17. The Labute approximate surface area is 125 Å². The monoisotopic (exact) mass is 281 g/mol. The third-order valence-corrected chi connectivity index (χ3v) is 3.88. The van der Waals surface area contributed by atoms with Crippen LogP contribution in [0.25, 0.3) is 0 Å². The summed E-state index contributed by atoms with van der Waals surface area (Å²) in [6.45, 7) is 5.00. The molecule has 3 rings (SSSR count). The Balaban J connectivity index is 1.56. The number of piperazine rings is 1. The molecule has 0 aliphatic carbocycles. The van der Waals surface area contributed by atoms with Crippen molar-refractivity contribution in [3.05, 3.63) is 59.9 Å². The van der Waals surface area contributed by atoms with Gasteiger partial charge in [0, 0.05) is 50.2 Å². The van der Waals surface area contributed by atoms with Gasteiger partial charge < -0.3 is 4.90 Å². The summed E-state index contributed by atoms with van der Waals surface area (Å²) in [5.74, 6) is 0. The number of nitrogens with zero attached hydrogens (tertiary/aromatic N) is 3. The zero-order valence-electron chi connectivity index (χ0n) is 12.0. The lowest BCUT2D eigenvalue weighted by Gasteiger charge is -2.36. The van der Waals surface area contributed by atoms with Crippen LogP contribution in [0.15, 0.2) is 48.7 Å². The summed E-state index contributed by atoms with van der Waals surface area (Å²) < 4.78 is 0.